The number of rotatable bonds is 2. The van der Waals surface area contributed by atoms with Gasteiger partial charge in [-0.05, 0) is 69.5 Å². The molecule has 0 aliphatic carbocycles. The van der Waals surface area contributed by atoms with Gasteiger partial charge < -0.3 is 5.32 Å². The second-order valence-corrected chi connectivity index (χ2v) is 6.82. The minimum Gasteiger partial charge on any atom is -0.370 e. The van der Waals surface area contributed by atoms with Crippen molar-refractivity contribution in [3.05, 3.63) is 65.0 Å². The molecule has 0 saturated carbocycles. The van der Waals surface area contributed by atoms with Crippen LogP contribution < -0.4 is 5.32 Å². The molecule has 0 spiro atoms. The van der Waals surface area contributed by atoms with E-state index in [1.165, 1.54) is 28.8 Å². The van der Waals surface area contributed by atoms with Crippen molar-refractivity contribution in [3.8, 4) is 16.9 Å². The van der Waals surface area contributed by atoms with Crippen molar-refractivity contribution in [1.82, 2.24) is 9.78 Å². The normalized spacial score (nSPS) is 13.9. The fourth-order valence-corrected chi connectivity index (χ4v) is 3.61. The lowest BCUT2D eigenvalue weighted by atomic mass is 10.00. The summed E-state index contributed by atoms with van der Waals surface area (Å²) >= 11 is 0. The Morgan fingerprint density at radius 3 is 2.44 bits per heavy atom. The summed E-state index contributed by atoms with van der Waals surface area (Å²) in [5.41, 5.74) is 6.79. The van der Waals surface area contributed by atoms with E-state index >= 15 is 0 Å². The van der Waals surface area contributed by atoms with Gasteiger partial charge >= 0.3 is 0 Å². The van der Waals surface area contributed by atoms with Gasteiger partial charge in [-0.3, -0.25) is 0 Å². The molecule has 0 atom stereocenters. The largest absolute Gasteiger partial charge is 0.370 e. The summed E-state index contributed by atoms with van der Waals surface area (Å²) in [5.74, 6) is 0.808. The fourth-order valence-electron chi connectivity index (χ4n) is 3.61. The molecule has 0 unspecified atom stereocenters. The van der Waals surface area contributed by atoms with Crippen molar-refractivity contribution in [2.45, 2.75) is 33.1 Å². The molecule has 1 N–H and O–H groups in total. The third-order valence-electron chi connectivity index (χ3n) is 4.70. The summed E-state index contributed by atoms with van der Waals surface area (Å²) in [5, 5.41) is 8.45. The van der Waals surface area contributed by atoms with Crippen LogP contribution in [0.1, 0.15) is 29.5 Å². The Morgan fingerprint density at radius 1 is 1.00 bits per heavy atom. The number of halogens is 1. The van der Waals surface area contributed by atoms with Gasteiger partial charge in [0.05, 0.1) is 11.4 Å². The van der Waals surface area contributed by atoms with Crippen LogP contribution in [0.15, 0.2) is 42.5 Å². The number of hydrogen-bond acceptors (Lipinski definition) is 2. The Hall–Kier alpha value is -2.62. The van der Waals surface area contributed by atoms with Crippen molar-refractivity contribution in [1.29, 1.82) is 0 Å². The summed E-state index contributed by atoms with van der Waals surface area (Å²) in [6.45, 7) is 5.17. The number of aromatic nitrogens is 2. The molecule has 0 saturated heterocycles. The van der Waals surface area contributed by atoms with E-state index in [9.17, 15) is 4.39 Å². The minimum atomic E-state index is -0.232. The molecular formula is C21H22FN3. The van der Waals surface area contributed by atoms with Gasteiger partial charge in [-0.2, -0.15) is 5.10 Å². The topological polar surface area (TPSA) is 29.9 Å². The molecule has 4 heteroatoms. The highest BCUT2D eigenvalue weighted by atomic mass is 19.1. The van der Waals surface area contributed by atoms with E-state index in [4.69, 9.17) is 5.10 Å². The van der Waals surface area contributed by atoms with Gasteiger partial charge in [-0.1, -0.05) is 17.2 Å². The number of aryl methyl sites for hydroxylation is 2. The Balaban J connectivity index is 1.91. The fraction of sp³-hybridized carbons (Fsp3) is 0.286. The highest BCUT2D eigenvalue weighted by Gasteiger charge is 2.21. The molecule has 1 aliphatic rings. The van der Waals surface area contributed by atoms with Crippen molar-refractivity contribution in [2.24, 2.45) is 0 Å². The molecular weight excluding hydrogens is 313 g/mol. The molecule has 0 amide bonds. The number of benzene rings is 2. The molecule has 25 heavy (non-hydrogen) atoms. The van der Waals surface area contributed by atoms with Gasteiger partial charge in [0.25, 0.3) is 0 Å². The molecule has 2 aromatic carbocycles. The van der Waals surface area contributed by atoms with Gasteiger partial charge in [0, 0.05) is 17.7 Å². The summed E-state index contributed by atoms with van der Waals surface area (Å²) < 4.78 is 15.2. The van der Waals surface area contributed by atoms with Gasteiger partial charge in [0.2, 0.25) is 0 Å². The highest BCUT2D eigenvalue weighted by molar-refractivity contribution is 5.72. The van der Waals surface area contributed by atoms with Crippen LogP contribution >= 0.6 is 0 Å². The van der Waals surface area contributed by atoms with Crippen LogP contribution in [0.25, 0.3) is 16.9 Å². The highest BCUT2D eigenvalue weighted by Crippen LogP contribution is 2.34. The van der Waals surface area contributed by atoms with Crippen molar-refractivity contribution in [2.75, 3.05) is 11.9 Å². The van der Waals surface area contributed by atoms with Gasteiger partial charge in [0.1, 0.15) is 11.6 Å². The molecule has 2 heterocycles. The third kappa shape index (κ3) is 3.04. The Morgan fingerprint density at radius 2 is 1.72 bits per heavy atom. The smallest absolute Gasteiger partial charge is 0.133 e. The van der Waals surface area contributed by atoms with Crippen LogP contribution in [0, 0.1) is 19.7 Å². The standard InChI is InChI=1S/C21H22FN3/c1-14-11-15(2)13-16(12-14)20-19-5-3-4-10-23-21(19)25(24-20)18-8-6-17(22)7-9-18/h6-9,11-13,23H,3-5,10H2,1-2H3. The average Bonchev–Trinajstić information content (AvgIpc) is 2.77. The van der Waals surface area contributed by atoms with Gasteiger partial charge in [-0.15, -0.1) is 0 Å². The third-order valence-corrected chi connectivity index (χ3v) is 4.70. The molecule has 4 rings (SSSR count). The molecule has 0 radical (unpaired) electrons. The average molecular weight is 335 g/mol. The van der Waals surface area contributed by atoms with Crippen molar-refractivity contribution < 1.29 is 4.39 Å². The van der Waals surface area contributed by atoms with Crippen LogP contribution in [-0.4, -0.2) is 16.3 Å². The molecule has 0 bridgehead atoms. The van der Waals surface area contributed by atoms with Crippen LogP contribution in [0.3, 0.4) is 0 Å². The number of fused-ring (bicyclic) bond motifs is 1. The Labute approximate surface area is 147 Å². The Bertz CT molecular complexity index is 889. The van der Waals surface area contributed by atoms with Crippen molar-refractivity contribution in [3.63, 3.8) is 0 Å². The zero-order valence-corrected chi connectivity index (χ0v) is 14.6. The lowest BCUT2D eigenvalue weighted by Gasteiger charge is -2.09. The first-order chi connectivity index (χ1) is 12.1. The maximum absolute atomic E-state index is 13.3. The number of nitrogens with zero attached hydrogens (tertiary/aromatic N) is 2. The summed E-state index contributed by atoms with van der Waals surface area (Å²) in [4.78, 5) is 0. The second kappa shape index (κ2) is 6.36. The monoisotopic (exact) mass is 335 g/mol. The maximum atomic E-state index is 13.3. The SMILES string of the molecule is Cc1cc(C)cc(-c2nn(-c3ccc(F)cc3)c3c2CCCCN3)c1. The second-order valence-electron chi connectivity index (χ2n) is 6.82. The van der Waals surface area contributed by atoms with Crippen LogP contribution in [0.4, 0.5) is 10.2 Å². The van der Waals surface area contributed by atoms with E-state index < -0.39 is 0 Å². The molecule has 128 valence electrons. The first-order valence-corrected chi connectivity index (χ1v) is 8.82. The van der Waals surface area contributed by atoms with E-state index in [0.29, 0.717) is 0 Å². The summed E-state index contributed by atoms with van der Waals surface area (Å²) in [6.07, 6.45) is 3.29. The van der Waals surface area contributed by atoms with E-state index in [1.54, 1.807) is 12.1 Å². The molecule has 1 aromatic heterocycles. The predicted molar refractivity (Wildman–Crippen MR) is 99.9 cm³/mol. The lowest BCUT2D eigenvalue weighted by molar-refractivity contribution is 0.627. The zero-order chi connectivity index (χ0) is 17.4. The summed E-state index contributed by atoms with van der Waals surface area (Å²) in [7, 11) is 0. The van der Waals surface area contributed by atoms with E-state index in [0.717, 1.165) is 48.6 Å². The van der Waals surface area contributed by atoms with E-state index in [2.05, 4.69) is 37.4 Å². The quantitative estimate of drug-likeness (QED) is 0.711. The number of nitrogens with one attached hydrogen (secondary N) is 1. The first-order valence-electron chi connectivity index (χ1n) is 8.82. The Kier molecular flexibility index (Phi) is 4.04. The lowest BCUT2D eigenvalue weighted by Crippen LogP contribution is -2.07. The van der Waals surface area contributed by atoms with E-state index in [1.807, 2.05) is 4.68 Å². The molecule has 3 aromatic rings. The summed E-state index contributed by atoms with van der Waals surface area (Å²) in [6, 6.07) is 13.1. The molecule has 1 aliphatic heterocycles. The minimum absolute atomic E-state index is 0.232. The van der Waals surface area contributed by atoms with E-state index in [-0.39, 0.29) is 5.82 Å². The molecule has 3 nitrogen and oxygen atoms in total. The first kappa shape index (κ1) is 15.9. The van der Waals surface area contributed by atoms with Gasteiger partial charge in [-0.25, -0.2) is 9.07 Å². The number of hydrogen-bond donors (Lipinski definition) is 1. The number of anilines is 1. The van der Waals surface area contributed by atoms with Crippen LogP contribution in [-0.2, 0) is 6.42 Å². The maximum Gasteiger partial charge on any atom is 0.133 e. The van der Waals surface area contributed by atoms with Crippen molar-refractivity contribution >= 4 is 5.82 Å². The van der Waals surface area contributed by atoms with Crippen LogP contribution in [0.2, 0.25) is 0 Å². The van der Waals surface area contributed by atoms with Gasteiger partial charge in [0.15, 0.2) is 0 Å². The zero-order valence-electron chi connectivity index (χ0n) is 14.6. The molecule has 0 fully saturated rings. The predicted octanol–water partition coefficient (Wildman–Crippen LogP) is 5.04. The van der Waals surface area contributed by atoms with Crippen LogP contribution in [0.5, 0.6) is 0 Å².